The molecule has 0 amide bonds. The molecule has 0 aromatic heterocycles. The van der Waals surface area contributed by atoms with Crippen molar-refractivity contribution in [2.75, 3.05) is 6.61 Å². The number of carboxylic acids is 1. The Morgan fingerprint density at radius 3 is 2.18 bits per heavy atom. The van der Waals surface area contributed by atoms with E-state index < -0.39 is 18.1 Å². The van der Waals surface area contributed by atoms with Gasteiger partial charge in [-0.15, -0.1) is 0 Å². The van der Waals surface area contributed by atoms with Gasteiger partial charge in [-0.05, 0) is 12.3 Å². The van der Waals surface area contributed by atoms with E-state index in [-0.39, 0.29) is 5.92 Å². The van der Waals surface area contributed by atoms with Crippen LogP contribution >= 0.6 is 0 Å². The van der Waals surface area contributed by atoms with E-state index in [9.17, 15) is 4.79 Å². The molecule has 0 saturated heterocycles. The van der Waals surface area contributed by atoms with Gasteiger partial charge in [-0.25, -0.2) is 0 Å². The molecule has 0 spiro atoms. The average molecular weight is 161 g/mol. The number of nitrogens with two attached hydrogens (primary N) is 1. The van der Waals surface area contributed by atoms with Crippen LogP contribution in [-0.2, 0) is 4.79 Å². The van der Waals surface area contributed by atoms with Crippen LogP contribution in [0.25, 0.3) is 0 Å². The molecule has 0 unspecified atom stereocenters. The summed E-state index contributed by atoms with van der Waals surface area (Å²) in [5.74, 6) is -0.975. The van der Waals surface area contributed by atoms with Gasteiger partial charge in [0.2, 0.25) is 0 Å². The van der Waals surface area contributed by atoms with Gasteiger partial charge in [0.15, 0.2) is 0 Å². The van der Waals surface area contributed by atoms with E-state index in [2.05, 4.69) is 0 Å². The first-order valence-corrected chi connectivity index (χ1v) is 3.55. The lowest BCUT2D eigenvalue weighted by atomic mass is 9.91. The Bertz CT molecular complexity index is 147. The van der Waals surface area contributed by atoms with Gasteiger partial charge < -0.3 is 15.9 Å². The zero-order valence-electron chi connectivity index (χ0n) is 6.87. The van der Waals surface area contributed by atoms with Crippen LogP contribution in [0.4, 0.5) is 0 Å². The van der Waals surface area contributed by atoms with Crippen molar-refractivity contribution in [3.05, 3.63) is 0 Å². The molecule has 4 heteroatoms. The minimum Gasteiger partial charge on any atom is -0.480 e. The first kappa shape index (κ1) is 10.4. The number of aliphatic hydroxyl groups is 1. The van der Waals surface area contributed by atoms with Crippen LogP contribution in [0, 0.1) is 5.92 Å². The standard InChI is InChI=1S/C7H15NO3/c1-5(2)3-7(8,4-9)6(10)11/h5,9H,3-4,8H2,1-2H3,(H,10,11)/t7-/m0/s1. The molecular weight excluding hydrogens is 146 g/mol. The Balaban J connectivity index is 4.22. The lowest BCUT2D eigenvalue weighted by Crippen LogP contribution is -2.52. The van der Waals surface area contributed by atoms with Crippen LogP contribution in [-0.4, -0.2) is 28.3 Å². The van der Waals surface area contributed by atoms with Crippen LogP contribution < -0.4 is 5.73 Å². The highest BCUT2D eigenvalue weighted by Crippen LogP contribution is 2.13. The molecule has 11 heavy (non-hydrogen) atoms. The molecule has 0 fully saturated rings. The van der Waals surface area contributed by atoms with Gasteiger partial charge in [-0.3, -0.25) is 4.79 Å². The van der Waals surface area contributed by atoms with Crippen molar-refractivity contribution < 1.29 is 15.0 Å². The Morgan fingerprint density at radius 2 is 2.09 bits per heavy atom. The lowest BCUT2D eigenvalue weighted by molar-refractivity contribution is -0.145. The summed E-state index contributed by atoms with van der Waals surface area (Å²) in [5, 5.41) is 17.3. The molecule has 0 bridgehead atoms. The predicted molar refractivity (Wildman–Crippen MR) is 41.1 cm³/mol. The van der Waals surface area contributed by atoms with Gasteiger partial charge in [0.05, 0.1) is 6.61 Å². The van der Waals surface area contributed by atoms with E-state index >= 15 is 0 Å². The van der Waals surface area contributed by atoms with E-state index in [1.165, 1.54) is 0 Å². The second-order valence-corrected chi connectivity index (χ2v) is 3.22. The maximum Gasteiger partial charge on any atom is 0.326 e. The van der Waals surface area contributed by atoms with Crippen LogP contribution in [0.1, 0.15) is 20.3 Å². The molecule has 0 rings (SSSR count). The fraction of sp³-hybridized carbons (Fsp3) is 0.857. The van der Waals surface area contributed by atoms with Gasteiger partial charge >= 0.3 is 5.97 Å². The van der Waals surface area contributed by atoms with Crippen molar-refractivity contribution in [2.45, 2.75) is 25.8 Å². The second kappa shape index (κ2) is 3.69. The number of carboxylic acid groups (broad SMARTS) is 1. The fourth-order valence-electron chi connectivity index (χ4n) is 0.948. The number of aliphatic carboxylic acids is 1. The number of carbonyl (C=O) groups is 1. The highest BCUT2D eigenvalue weighted by molar-refractivity contribution is 5.78. The van der Waals surface area contributed by atoms with Crippen LogP contribution in [0.15, 0.2) is 0 Å². The summed E-state index contributed by atoms with van der Waals surface area (Å²) in [4.78, 5) is 10.5. The summed E-state index contributed by atoms with van der Waals surface area (Å²) in [6.45, 7) is 3.21. The molecule has 1 atom stereocenters. The normalized spacial score (nSPS) is 16.5. The van der Waals surface area contributed by atoms with E-state index in [1.807, 2.05) is 13.8 Å². The van der Waals surface area contributed by atoms with Crippen molar-refractivity contribution in [3.8, 4) is 0 Å². The minimum absolute atomic E-state index is 0.170. The molecule has 0 aliphatic carbocycles. The molecule has 66 valence electrons. The van der Waals surface area contributed by atoms with Gasteiger partial charge in [-0.1, -0.05) is 13.8 Å². The maximum atomic E-state index is 10.5. The molecule has 0 saturated carbocycles. The zero-order chi connectivity index (χ0) is 9.07. The van der Waals surface area contributed by atoms with Crippen molar-refractivity contribution in [1.82, 2.24) is 0 Å². The maximum absolute atomic E-state index is 10.5. The summed E-state index contributed by atoms with van der Waals surface area (Å²) in [6.07, 6.45) is 0.291. The third-order valence-electron chi connectivity index (χ3n) is 1.48. The molecule has 0 aromatic carbocycles. The van der Waals surface area contributed by atoms with E-state index in [4.69, 9.17) is 15.9 Å². The summed E-state index contributed by atoms with van der Waals surface area (Å²) in [7, 11) is 0. The molecule has 4 nitrogen and oxygen atoms in total. The third kappa shape index (κ3) is 2.86. The fourth-order valence-corrected chi connectivity index (χ4v) is 0.948. The largest absolute Gasteiger partial charge is 0.480 e. The number of hydrogen-bond acceptors (Lipinski definition) is 3. The van der Waals surface area contributed by atoms with Crippen molar-refractivity contribution in [3.63, 3.8) is 0 Å². The van der Waals surface area contributed by atoms with Gasteiger partial charge in [0.1, 0.15) is 5.54 Å². The molecule has 0 aliphatic rings. The lowest BCUT2D eigenvalue weighted by Gasteiger charge is -2.23. The van der Waals surface area contributed by atoms with Crippen LogP contribution in [0.3, 0.4) is 0 Å². The predicted octanol–water partition coefficient (Wildman–Crippen LogP) is -0.193. The minimum atomic E-state index is -1.46. The Morgan fingerprint density at radius 1 is 1.64 bits per heavy atom. The van der Waals surface area contributed by atoms with Crippen LogP contribution in [0.2, 0.25) is 0 Å². The van der Waals surface area contributed by atoms with Gasteiger partial charge in [-0.2, -0.15) is 0 Å². The van der Waals surface area contributed by atoms with E-state index in [1.54, 1.807) is 0 Å². The van der Waals surface area contributed by atoms with Crippen LogP contribution in [0.5, 0.6) is 0 Å². The van der Waals surface area contributed by atoms with Crippen molar-refractivity contribution in [2.24, 2.45) is 11.7 Å². The first-order valence-electron chi connectivity index (χ1n) is 3.55. The third-order valence-corrected chi connectivity index (χ3v) is 1.48. The number of hydrogen-bond donors (Lipinski definition) is 3. The Hall–Kier alpha value is -0.610. The summed E-state index contributed by atoms with van der Waals surface area (Å²) in [6, 6.07) is 0. The second-order valence-electron chi connectivity index (χ2n) is 3.22. The van der Waals surface area contributed by atoms with E-state index in [0.29, 0.717) is 6.42 Å². The summed E-state index contributed by atoms with van der Waals surface area (Å²) in [5.41, 5.74) is 3.93. The number of aliphatic hydroxyl groups excluding tert-OH is 1. The zero-order valence-corrected chi connectivity index (χ0v) is 6.87. The summed E-state index contributed by atoms with van der Waals surface area (Å²) < 4.78 is 0. The molecule has 4 N–H and O–H groups in total. The smallest absolute Gasteiger partial charge is 0.326 e. The average Bonchev–Trinajstić information content (AvgIpc) is 1.86. The van der Waals surface area contributed by atoms with Crippen molar-refractivity contribution in [1.29, 1.82) is 0 Å². The molecular formula is C7H15NO3. The summed E-state index contributed by atoms with van der Waals surface area (Å²) >= 11 is 0. The molecule has 0 aliphatic heterocycles. The van der Waals surface area contributed by atoms with Gasteiger partial charge in [0.25, 0.3) is 0 Å². The molecule has 0 heterocycles. The van der Waals surface area contributed by atoms with Crippen molar-refractivity contribution >= 4 is 5.97 Å². The highest BCUT2D eigenvalue weighted by atomic mass is 16.4. The molecule has 0 radical (unpaired) electrons. The van der Waals surface area contributed by atoms with E-state index in [0.717, 1.165) is 0 Å². The monoisotopic (exact) mass is 161 g/mol. The quantitative estimate of drug-likeness (QED) is 0.533. The Labute approximate surface area is 66.0 Å². The SMILES string of the molecule is CC(C)C[C@](N)(CO)C(=O)O. The number of rotatable bonds is 4. The topological polar surface area (TPSA) is 83.5 Å². The Kier molecular flexibility index (Phi) is 3.48. The highest BCUT2D eigenvalue weighted by Gasteiger charge is 2.33. The van der Waals surface area contributed by atoms with Gasteiger partial charge in [0, 0.05) is 0 Å². The first-order chi connectivity index (χ1) is 4.92. The molecule has 0 aromatic rings.